The van der Waals surface area contributed by atoms with Crippen LogP contribution in [0.15, 0.2) is 108 Å². The summed E-state index contributed by atoms with van der Waals surface area (Å²) >= 11 is 1.31. The van der Waals surface area contributed by atoms with Crippen molar-refractivity contribution in [3.8, 4) is 5.75 Å². The molecule has 0 atom stereocenters. The zero-order chi connectivity index (χ0) is 23.1. The van der Waals surface area contributed by atoms with Crippen molar-refractivity contribution >= 4 is 29.4 Å². The molecule has 0 unspecified atom stereocenters. The minimum absolute atomic E-state index is 0.400. The standard InChI is InChI=1S/C26H20N2O4S/c29-24(23-12-7-17-33-23)32-22-15-13-19(14-16-22)18-27-28-25(30)26(31,20-8-3-1-4-9-20)21-10-5-2-6-11-21/h1-18,31H,(H,28,30)/b27-18-. The third-order valence-electron chi connectivity index (χ3n) is 4.90. The Morgan fingerprint density at radius 3 is 2.00 bits per heavy atom. The number of hydrogen-bond acceptors (Lipinski definition) is 6. The average Bonchev–Trinajstić information content (AvgIpc) is 3.41. The molecule has 1 aromatic heterocycles. The molecule has 2 N–H and O–H groups in total. The van der Waals surface area contributed by atoms with Gasteiger partial charge < -0.3 is 9.84 Å². The maximum atomic E-state index is 13.0. The molecule has 7 heteroatoms. The topological polar surface area (TPSA) is 88.0 Å². The van der Waals surface area contributed by atoms with Crippen LogP contribution in [0.1, 0.15) is 26.4 Å². The van der Waals surface area contributed by atoms with Crippen LogP contribution in [0.25, 0.3) is 0 Å². The number of aliphatic hydroxyl groups is 1. The average molecular weight is 457 g/mol. The Labute approximate surface area is 194 Å². The molecule has 0 saturated heterocycles. The van der Waals surface area contributed by atoms with Gasteiger partial charge in [-0.2, -0.15) is 5.10 Å². The fourth-order valence-corrected chi connectivity index (χ4v) is 3.81. The first kappa shape index (κ1) is 22.1. The van der Waals surface area contributed by atoms with Gasteiger partial charge in [-0.15, -0.1) is 11.3 Å². The Morgan fingerprint density at radius 2 is 1.45 bits per heavy atom. The first-order chi connectivity index (χ1) is 16.1. The first-order valence-electron chi connectivity index (χ1n) is 10.1. The number of hydrogen-bond donors (Lipinski definition) is 2. The molecule has 0 fully saturated rings. The zero-order valence-electron chi connectivity index (χ0n) is 17.4. The van der Waals surface area contributed by atoms with E-state index < -0.39 is 17.5 Å². The Balaban J connectivity index is 1.45. The minimum Gasteiger partial charge on any atom is -0.422 e. The van der Waals surface area contributed by atoms with Gasteiger partial charge >= 0.3 is 5.97 Å². The summed E-state index contributed by atoms with van der Waals surface area (Å²) in [5.74, 6) is -0.699. The van der Waals surface area contributed by atoms with E-state index in [0.717, 1.165) is 0 Å². The second-order valence-corrected chi connectivity index (χ2v) is 8.03. The van der Waals surface area contributed by atoms with Gasteiger partial charge in [0.15, 0.2) is 5.60 Å². The van der Waals surface area contributed by atoms with E-state index in [-0.39, 0.29) is 0 Å². The summed E-state index contributed by atoms with van der Waals surface area (Å²) in [7, 11) is 0. The van der Waals surface area contributed by atoms with Crippen LogP contribution in [-0.2, 0) is 10.4 Å². The number of carbonyl (C=O) groups is 2. The van der Waals surface area contributed by atoms with Crippen LogP contribution in [0.3, 0.4) is 0 Å². The molecule has 1 heterocycles. The molecule has 0 aliphatic heterocycles. The monoisotopic (exact) mass is 456 g/mol. The maximum Gasteiger partial charge on any atom is 0.353 e. The molecule has 0 bridgehead atoms. The van der Waals surface area contributed by atoms with E-state index in [1.807, 2.05) is 12.1 Å². The number of amides is 1. The van der Waals surface area contributed by atoms with Gasteiger partial charge in [-0.3, -0.25) is 4.79 Å². The van der Waals surface area contributed by atoms with E-state index in [9.17, 15) is 14.7 Å². The molecular weight excluding hydrogens is 436 g/mol. The zero-order valence-corrected chi connectivity index (χ0v) is 18.2. The Hall–Kier alpha value is -4.07. The Morgan fingerprint density at radius 1 is 0.848 bits per heavy atom. The molecule has 164 valence electrons. The predicted octanol–water partition coefficient (Wildman–Crippen LogP) is 4.35. The van der Waals surface area contributed by atoms with Gasteiger partial charge in [-0.25, -0.2) is 10.2 Å². The number of rotatable bonds is 7. The number of nitrogens with zero attached hydrogens (tertiary/aromatic N) is 1. The summed E-state index contributed by atoms with van der Waals surface area (Å²) in [6, 6.07) is 27.6. The van der Waals surface area contributed by atoms with Crippen LogP contribution in [0.5, 0.6) is 5.75 Å². The lowest BCUT2D eigenvalue weighted by Crippen LogP contribution is -2.43. The van der Waals surface area contributed by atoms with E-state index in [1.54, 1.807) is 90.3 Å². The molecule has 6 nitrogen and oxygen atoms in total. The lowest BCUT2D eigenvalue weighted by Gasteiger charge is -2.27. The van der Waals surface area contributed by atoms with Crippen molar-refractivity contribution in [1.29, 1.82) is 0 Å². The highest BCUT2D eigenvalue weighted by Crippen LogP contribution is 2.29. The Bertz CT molecular complexity index is 1200. The lowest BCUT2D eigenvalue weighted by molar-refractivity contribution is -0.136. The normalized spacial score (nSPS) is 11.3. The fourth-order valence-electron chi connectivity index (χ4n) is 3.21. The van der Waals surface area contributed by atoms with Crippen molar-refractivity contribution in [3.63, 3.8) is 0 Å². The minimum atomic E-state index is -1.90. The number of nitrogens with one attached hydrogen (secondary N) is 1. The van der Waals surface area contributed by atoms with Crippen LogP contribution in [0.4, 0.5) is 0 Å². The number of ether oxygens (including phenoxy) is 1. The van der Waals surface area contributed by atoms with Crippen LogP contribution < -0.4 is 10.2 Å². The van der Waals surface area contributed by atoms with E-state index in [2.05, 4.69) is 10.5 Å². The van der Waals surface area contributed by atoms with Gasteiger partial charge in [0.2, 0.25) is 0 Å². The quantitative estimate of drug-likeness (QED) is 0.187. The van der Waals surface area contributed by atoms with Crippen molar-refractivity contribution in [2.45, 2.75) is 5.60 Å². The van der Waals surface area contributed by atoms with Crippen molar-refractivity contribution < 1.29 is 19.4 Å². The summed E-state index contributed by atoms with van der Waals surface area (Å²) in [6.07, 6.45) is 1.44. The van der Waals surface area contributed by atoms with Gasteiger partial charge in [-0.05, 0) is 52.4 Å². The van der Waals surface area contributed by atoms with E-state index in [1.165, 1.54) is 17.6 Å². The van der Waals surface area contributed by atoms with Gasteiger partial charge in [0.05, 0.1) is 6.21 Å². The number of thiophene rings is 1. The third kappa shape index (κ3) is 5.06. The molecule has 4 rings (SSSR count). The van der Waals surface area contributed by atoms with Gasteiger partial charge in [0.25, 0.3) is 5.91 Å². The number of hydrazone groups is 1. The van der Waals surface area contributed by atoms with E-state index >= 15 is 0 Å². The predicted molar refractivity (Wildman–Crippen MR) is 127 cm³/mol. The SMILES string of the molecule is O=C(Oc1ccc(/C=N\NC(=O)C(O)(c2ccccc2)c2ccccc2)cc1)c1cccs1. The second kappa shape index (κ2) is 10.0. The van der Waals surface area contributed by atoms with Gasteiger partial charge in [0.1, 0.15) is 10.6 Å². The van der Waals surface area contributed by atoms with E-state index in [4.69, 9.17) is 4.74 Å². The molecule has 0 aliphatic rings. The number of carbonyl (C=O) groups excluding carboxylic acids is 2. The van der Waals surface area contributed by atoms with Crippen LogP contribution in [-0.4, -0.2) is 23.2 Å². The molecule has 3 aromatic carbocycles. The fraction of sp³-hybridized carbons (Fsp3) is 0.0385. The highest BCUT2D eigenvalue weighted by Gasteiger charge is 2.39. The van der Waals surface area contributed by atoms with Crippen molar-refractivity contribution in [2.75, 3.05) is 0 Å². The summed E-state index contributed by atoms with van der Waals surface area (Å²) < 4.78 is 5.32. The summed E-state index contributed by atoms with van der Waals surface area (Å²) in [4.78, 5) is 25.6. The second-order valence-electron chi connectivity index (χ2n) is 7.08. The van der Waals surface area contributed by atoms with Crippen molar-refractivity contribution in [2.24, 2.45) is 5.10 Å². The first-order valence-corrected chi connectivity index (χ1v) is 11.0. The van der Waals surface area contributed by atoms with Crippen LogP contribution in [0, 0.1) is 0 Å². The van der Waals surface area contributed by atoms with Crippen LogP contribution >= 0.6 is 11.3 Å². The molecule has 33 heavy (non-hydrogen) atoms. The molecule has 4 aromatic rings. The molecule has 0 saturated carbocycles. The summed E-state index contributed by atoms with van der Waals surface area (Å²) in [5, 5.41) is 17.2. The highest BCUT2D eigenvalue weighted by molar-refractivity contribution is 7.12. The van der Waals surface area contributed by atoms with Gasteiger partial charge in [-0.1, -0.05) is 66.7 Å². The van der Waals surface area contributed by atoms with Crippen molar-refractivity contribution in [1.82, 2.24) is 5.43 Å². The van der Waals surface area contributed by atoms with Crippen LogP contribution in [0.2, 0.25) is 0 Å². The summed E-state index contributed by atoms with van der Waals surface area (Å²) in [6.45, 7) is 0. The number of esters is 1. The van der Waals surface area contributed by atoms with Crippen molar-refractivity contribution in [3.05, 3.63) is 124 Å². The summed E-state index contributed by atoms with van der Waals surface area (Å²) in [5.41, 5.74) is 2.07. The molecule has 0 spiro atoms. The highest BCUT2D eigenvalue weighted by atomic mass is 32.1. The smallest absolute Gasteiger partial charge is 0.353 e. The molecule has 0 aliphatic carbocycles. The van der Waals surface area contributed by atoms with Gasteiger partial charge in [0, 0.05) is 0 Å². The maximum absolute atomic E-state index is 13.0. The lowest BCUT2D eigenvalue weighted by atomic mass is 9.85. The van der Waals surface area contributed by atoms with E-state index in [0.29, 0.717) is 27.3 Å². The number of benzene rings is 3. The Kier molecular flexibility index (Phi) is 6.73. The molecule has 0 radical (unpaired) electrons. The molecule has 1 amide bonds. The molecular formula is C26H20N2O4S. The largest absolute Gasteiger partial charge is 0.422 e. The third-order valence-corrected chi connectivity index (χ3v) is 5.75.